The van der Waals surface area contributed by atoms with Gasteiger partial charge < -0.3 is 19.1 Å². The zero-order valence-corrected chi connectivity index (χ0v) is 15.7. The summed E-state index contributed by atoms with van der Waals surface area (Å²) in [6.07, 6.45) is 0.431. The molecule has 1 aliphatic heterocycles. The summed E-state index contributed by atoms with van der Waals surface area (Å²) in [6.45, 7) is 0.185. The van der Waals surface area contributed by atoms with Crippen molar-refractivity contribution in [1.82, 2.24) is 14.7 Å². The Kier molecular flexibility index (Phi) is 5.30. The van der Waals surface area contributed by atoms with Crippen LogP contribution in [-0.4, -0.2) is 66.2 Å². The van der Waals surface area contributed by atoms with Crippen LogP contribution in [0.5, 0.6) is 0 Å². The fourth-order valence-electron chi connectivity index (χ4n) is 3.13. The van der Waals surface area contributed by atoms with Crippen LogP contribution in [0.3, 0.4) is 0 Å². The number of benzene rings is 1. The first-order chi connectivity index (χ1) is 12.9. The molecule has 1 saturated heterocycles. The number of carbonyl (C=O) groups excluding carboxylic acids is 3. The first-order valence-electron chi connectivity index (χ1n) is 8.75. The summed E-state index contributed by atoms with van der Waals surface area (Å²) in [6, 6.07) is 12.3. The third-order valence-corrected chi connectivity index (χ3v) is 4.61. The van der Waals surface area contributed by atoms with E-state index in [-0.39, 0.29) is 36.6 Å². The zero-order valence-electron chi connectivity index (χ0n) is 15.7. The van der Waals surface area contributed by atoms with Crippen LogP contribution in [0.1, 0.15) is 21.9 Å². The molecule has 2 heterocycles. The first kappa shape index (κ1) is 18.7. The lowest BCUT2D eigenvalue weighted by Crippen LogP contribution is -2.59. The van der Waals surface area contributed by atoms with Gasteiger partial charge in [-0.1, -0.05) is 30.3 Å². The van der Waals surface area contributed by atoms with Crippen LogP contribution in [0.4, 0.5) is 0 Å². The van der Waals surface area contributed by atoms with Crippen molar-refractivity contribution in [2.45, 2.75) is 19.0 Å². The van der Waals surface area contributed by atoms with Crippen molar-refractivity contribution >= 4 is 17.7 Å². The van der Waals surface area contributed by atoms with Crippen LogP contribution >= 0.6 is 0 Å². The largest absolute Gasteiger partial charge is 0.454 e. The van der Waals surface area contributed by atoms with Crippen molar-refractivity contribution < 1.29 is 18.8 Å². The molecule has 3 amide bonds. The van der Waals surface area contributed by atoms with Crippen LogP contribution < -0.4 is 0 Å². The summed E-state index contributed by atoms with van der Waals surface area (Å²) in [5, 5.41) is 0. The second-order valence-electron chi connectivity index (χ2n) is 6.89. The smallest absolute Gasteiger partial charge is 0.289 e. The lowest BCUT2D eigenvalue weighted by Gasteiger charge is -2.38. The Morgan fingerprint density at radius 3 is 2.52 bits per heavy atom. The SMILES string of the molecule is CN(C)C(=O)c1ccc(CN2C(=O)CN(C)C(=O)[C@H]2Cc2ccccc2)o1. The van der Waals surface area contributed by atoms with E-state index in [1.807, 2.05) is 30.3 Å². The van der Waals surface area contributed by atoms with Crippen LogP contribution in [0.25, 0.3) is 0 Å². The number of hydrogen-bond donors (Lipinski definition) is 0. The van der Waals surface area contributed by atoms with Gasteiger partial charge in [-0.15, -0.1) is 0 Å². The summed E-state index contributed by atoms with van der Waals surface area (Å²) < 4.78 is 5.61. The van der Waals surface area contributed by atoms with E-state index < -0.39 is 6.04 Å². The molecule has 0 saturated carbocycles. The molecular formula is C20H23N3O4. The van der Waals surface area contributed by atoms with Gasteiger partial charge in [0.1, 0.15) is 11.8 Å². The van der Waals surface area contributed by atoms with Gasteiger partial charge in [0, 0.05) is 27.6 Å². The van der Waals surface area contributed by atoms with Crippen LogP contribution in [0, 0.1) is 0 Å². The number of rotatable bonds is 5. The molecule has 0 radical (unpaired) electrons. The predicted molar refractivity (Wildman–Crippen MR) is 98.8 cm³/mol. The Labute approximate surface area is 158 Å². The molecule has 0 aliphatic carbocycles. The minimum atomic E-state index is -0.600. The molecule has 0 bridgehead atoms. The third kappa shape index (κ3) is 4.02. The number of nitrogens with zero attached hydrogens (tertiary/aromatic N) is 3. The molecule has 7 nitrogen and oxygen atoms in total. The Hall–Kier alpha value is -3.09. The number of furan rings is 1. The highest BCUT2D eigenvalue weighted by Gasteiger charge is 2.38. The molecule has 2 aromatic rings. The number of likely N-dealkylation sites (N-methyl/N-ethyl adjacent to an activating group) is 1. The Balaban J connectivity index is 1.83. The normalized spacial score (nSPS) is 17.4. The zero-order chi connectivity index (χ0) is 19.6. The first-order valence-corrected chi connectivity index (χ1v) is 8.75. The van der Waals surface area contributed by atoms with Crippen molar-refractivity contribution in [3.8, 4) is 0 Å². The second kappa shape index (κ2) is 7.65. The van der Waals surface area contributed by atoms with E-state index in [0.29, 0.717) is 12.2 Å². The molecule has 7 heteroatoms. The van der Waals surface area contributed by atoms with E-state index in [1.165, 1.54) is 14.7 Å². The minimum absolute atomic E-state index is 0.0360. The van der Waals surface area contributed by atoms with Gasteiger partial charge in [0.05, 0.1) is 13.1 Å². The fraction of sp³-hybridized carbons (Fsp3) is 0.350. The third-order valence-electron chi connectivity index (χ3n) is 4.61. The van der Waals surface area contributed by atoms with Gasteiger partial charge in [0.2, 0.25) is 11.8 Å². The molecule has 27 heavy (non-hydrogen) atoms. The molecule has 0 N–H and O–H groups in total. The van der Waals surface area contributed by atoms with Crippen LogP contribution in [0.2, 0.25) is 0 Å². The van der Waals surface area contributed by atoms with Crippen LogP contribution in [-0.2, 0) is 22.6 Å². The molecule has 3 rings (SSSR count). The number of hydrogen-bond acceptors (Lipinski definition) is 4. The van der Waals surface area contributed by atoms with Gasteiger partial charge in [-0.2, -0.15) is 0 Å². The molecule has 1 aromatic heterocycles. The molecule has 1 fully saturated rings. The van der Waals surface area contributed by atoms with Crippen molar-refractivity contribution in [2.75, 3.05) is 27.7 Å². The maximum absolute atomic E-state index is 12.7. The topological polar surface area (TPSA) is 74.1 Å². The van der Waals surface area contributed by atoms with Crippen molar-refractivity contribution in [1.29, 1.82) is 0 Å². The van der Waals surface area contributed by atoms with Gasteiger partial charge in [-0.25, -0.2) is 0 Å². The quantitative estimate of drug-likeness (QED) is 0.798. The number of amides is 3. The van der Waals surface area contributed by atoms with Gasteiger partial charge in [-0.3, -0.25) is 14.4 Å². The van der Waals surface area contributed by atoms with E-state index in [0.717, 1.165) is 5.56 Å². The van der Waals surface area contributed by atoms with E-state index >= 15 is 0 Å². The van der Waals surface area contributed by atoms with Gasteiger partial charge in [0.25, 0.3) is 5.91 Å². The van der Waals surface area contributed by atoms with Gasteiger partial charge >= 0.3 is 0 Å². The Morgan fingerprint density at radius 1 is 1.15 bits per heavy atom. The number of carbonyl (C=O) groups is 3. The van der Waals surface area contributed by atoms with E-state index in [4.69, 9.17) is 4.42 Å². The average Bonchev–Trinajstić information content (AvgIpc) is 3.11. The van der Waals surface area contributed by atoms with Crippen LogP contribution in [0.15, 0.2) is 46.9 Å². The minimum Gasteiger partial charge on any atom is -0.454 e. The molecule has 0 spiro atoms. The Morgan fingerprint density at radius 2 is 1.85 bits per heavy atom. The molecule has 0 unspecified atom stereocenters. The maximum Gasteiger partial charge on any atom is 0.289 e. The van der Waals surface area contributed by atoms with Crippen molar-refractivity contribution in [2.24, 2.45) is 0 Å². The summed E-state index contributed by atoms with van der Waals surface area (Å²) in [4.78, 5) is 41.8. The molecule has 1 atom stereocenters. The van der Waals surface area contributed by atoms with Crippen molar-refractivity contribution in [3.05, 3.63) is 59.5 Å². The highest BCUT2D eigenvalue weighted by molar-refractivity contribution is 5.95. The van der Waals surface area contributed by atoms with Gasteiger partial charge in [0.15, 0.2) is 5.76 Å². The lowest BCUT2D eigenvalue weighted by atomic mass is 10.0. The number of piperazine rings is 1. The standard InChI is InChI=1S/C20H23N3O4/c1-21(2)20(26)17-10-9-15(27-17)12-23-16(11-14-7-5-4-6-8-14)19(25)22(3)13-18(23)24/h4-10,16H,11-13H2,1-3H3/t16-/m1/s1. The van der Waals surface area contributed by atoms with Gasteiger partial charge in [-0.05, 0) is 17.7 Å². The van der Waals surface area contributed by atoms with Crippen molar-refractivity contribution in [3.63, 3.8) is 0 Å². The summed E-state index contributed by atoms with van der Waals surface area (Å²) in [5.41, 5.74) is 0.979. The molecule has 1 aliphatic rings. The Bertz CT molecular complexity index is 844. The fourth-order valence-corrected chi connectivity index (χ4v) is 3.13. The van der Waals surface area contributed by atoms with E-state index in [9.17, 15) is 14.4 Å². The second-order valence-corrected chi connectivity index (χ2v) is 6.89. The van der Waals surface area contributed by atoms with E-state index in [1.54, 1.807) is 33.3 Å². The summed E-state index contributed by atoms with van der Waals surface area (Å²) in [7, 11) is 4.92. The average molecular weight is 369 g/mol. The predicted octanol–water partition coefficient (Wildman–Crippen LogP) is 1.39. The monoisotopic (exact) mass is 369 g/mol. The highest BCUT2D eigenvalue weighted by atomic mass is 16.4. The molecule has 1 aromatic carbocycles. The maximum atomic E-state index is 12.7. The summed E-state index contributed by atoms with van der Waals surface area (Å²) >= 11 is 0. The lowest BCUT2D eigenvalue weighted by molar-refractivity contribution is -0.155. The highest BCUT2D eigenvalue weighted by Crippen LogP contribution is 2.21. The summed E-state index contributed by atoms with van der Waals surface area (Å²) in [5.74, 6) is 0.193. The molecular weight excluding hydrogens is 346 g/mol. The molecule has 142 valence electrons. The van der Waals surface area contributed by atoms with E-state index in [2.05, 4.69) is 0 Å².